The summed E-state index contributed by atoms with van der Waals surface area (Å²) in [6.45, 7) is 2.23. The first kappa shape index (κ1) is 20.7. The van der Waals surface area contributed by atoms with Gasteiger partial charge in [0.2, 0.25) is 0 Å². The maximum atomic E-state index is 8.52. The molecule has 0 saturated heterocycles. The number of benzene rings is 1. The van der Waals surface area contributed by atoms with Crippen LogP contribution < -0.4 is 0 Å². The molecule has 2 aliphatic rings. The quantitative estimate of drug-likeness (QED) is 0.287. The smallest absolute Gasteiger partial charge is 0.0912 e. The van der Waals surface area contributed by atoms with Crippen molar-refractivity contribution in [1.29, 1.82) is 5.26 Å². The molecule has 0 spiro atoms. The van der Waals surface area contributed by atoms with Crippen LogP contribution in [0.15, 0.2) is 60.7 Å². The summed E-state index contributed by atoms with van der Waals surface area (Å²) in [4.78, 5) is 0. The minimum atomic E-state index is 0.697. The Morgan fingerprint density at radius 3 is 1.86 bits per heavy atom. The van der Waals surface area contributed by atoms with E-state index in [0.717, 1.165) is 24.2 Å². The van der Waals surface area contributed by atoms with Crippen molar-refractivity contribution in [2.75, 3.05) is 0 Å². The maximum absolute atomic E-state index is 8.52. The van der Waals surface area contributed by atoms with E-state index >= 15 is 0 Å². The first-order valence-corrected chi connectivity index (χ1v) is 11.3. The zero-order chi connectivity index (χ0) is 19.6. The summed E-state index contributed by atoms with van der Waals surface area (Å²) >= 11 is 0. The third-order valence-corrected chi connectivity index (χ3v) is 6.77. The summed E-state index contributed by atoms with van der Waals surface area (Å²) < 4.78 is 0. The van der Waals surface area contributed by atoms with E-state index in [2.05, 4.69) is 49.4 Å². The topological polar surface area (TPSA) is 23.8 Å². The van der Waals surface area contributed by atoms with Gasteiger partial charge in [-0.3, -0.25) is 0 Å². The third-order valence-electron chi connectivity index (χ3n) is 6.77. The molecular weight excluding hydrogens is 338 g/mol. The molecule has 3 rings (SSSR count). The van der Waals surface area contributed by atoms with E-state index in [1.807, 2.05) is 18.2 Å². The van der Waals surface area contributed by atoms with Gasteiger partial charge in [-0.2, -0.15) is 5.26 Å². The van der Waals surface area contributed by atoms with Crippen LogP contribution in [0.2, 0.25) is 0 Å². The van der Waals surface area contributed by atoms with E-state index in [1.165, 1.54) is 56.9 Å². The molecule has 0 aromatic heterocycles. The molecule has 0 N–H and O–H groups in total. The highest BCUT2D eigenvalue weighted by atomic mass is 14.3. The van der Waals surface area contributed by atoms with Crippen molar-refractivity contribution >= 4 is 0 Å². The van der Waals surface area contributed by atoms with Gasteiger partial charge in [-0.1, -0.05) is 61.6 Å². The fourth-order valence-electron chi connectivity index (χ4n) is 4.83. The number of hydrogen-bond donors (Lipinski definition) is 0. The zero-order valence-corrected chi connectivity index (χ0v) is 17.4. The number of allylic oxidation sites excluding steroid dienone is 6. The lowest BCUT2D eigenvalue weighted by molar-refractivity contribution is 0.348. The van der Waals surface area contributed by atoms with Crippen molar-refractivity contribution in [2.45, 2.75) is 70.6 Å². The van der Waals surface area contributed by atoms with Crippen LogP contribution in [0.5, 0.6) is 0 Å². The Bertz CT molecular complexity index is 700. The summed E-state index contributed by atoms with van der Waals surface area (Å²) in [5, 5.41) is 8.52. The summed E-state index contributed by atoms with van der Waals surface area (Å²) in [5.74, 6) is 3.04. The van der Waals surface area contributed by atoms with Gasteiger partial charge in [0.25, 0.3) is 0 Å². The molecule has 2 saturated carbocycles. The van der Waals surface area contributed by atoms with Crippen molar-refractivity contribution in [2.24, 2.45) is 17.8 Å². The molecule has 0 heterocycles. The van der Waals surface area contributed by atoms with Crippen molar-refractivity contribution in [3.8, 4) is 6.07 Å². The lowest BCUT2D eigenvalue weighted by atomic mass is 9.77. The Morgan fingerprint density at radius 1 is 0.786 bits per heavy atom. The van der Waals surface area contributed by atoms with Crippen molar-refractivity contribution < 1.29 is 0 Å². The van der Waals surface area contributed by atoms with Crippen LogP contribution in [0.3, 0.4) is 0 Å². The van der Waals surface area contributed by atoms with Gasteiger partial charge < -0.3 is 0 Å². The Kier molecular flexibility index (Phi) is 8.16. The number of rotatable bonds is 6. The number of nitrogens with zero attached hydrogens (tertiary/aromatic N) is 1. The Labute approximate surface area is 171 Å². The highest BCUT2D eigenvalue weighted by Crippen LogP contribution is 2.37. The molecule has 1 nitrogen and oxygen atoms in total. The van der Waals surface area contributed by atoms with Crippen LogP contribution in [0, 0.1) is 29.1 Å². The van der Waals surface area contributed by atoms with Crippen molar-refractivity contribution in [3.05, 3.63) is 71.8 Å². The SMILES string of the molecule is CCc1ccc(C2CCC(/C=C/C3CCC(C=CC=CC#N)CC3)CC2)cc1. The van der Waals surface area contributed by atoms with Gasteiger partial charge in [-0.05, 0) is 92.6 Å². The fourth-order valence-corrected chi connectivity index (χ4v) is 4.83. The van der Waals surface area contributed by atoms with Gasteiger partial charge in [0, 0.05) is 6.08 Å². The lowest BCUT2D eigenvalue weighted by Crippen LogP contribution is -2.14. The van der Waals surface area contributed by atoms with Gasteiger partial charge in [-0.25, -0.2) is 0 Å². The molecular formula is C27H35N. The number of hydrogen-bond acceptors (Lipinski definition) is 1. The molecule has 0 bridgehead atoms. The average Bonchev–Trinajstić information content (AvgIpc) is 2.76. The molecule has 1 aromatic carbocycles. The third kappa shape index (κ3) is 6.23. The van der Waals surface area contributed by atoms with Crippen LogP contribution in [0.25, 0.3) is 0 Å². The first-order valence-electron chi connectivity index (χ1n) is 11.3. The van der Waals surface area contributed by atoms with Crippen LogP contribution in [0.1, 0.15) is 75.3 Å². The van der Waals surface area contributed by atoms with Gasteiger partial charge in [-0.15, -0.1) is 0 Å². The molecule has 0 radical (unpaired) electrons. The summed E-state index contributed by atoms with van der Waals surface area (Å²) in [5.41, 5.74) is 3.00. The Hall–Kier alpha value is -2.07. The molecule has 1 aromatic rings. The molecule has 0 unspecified atom stereocenters. The van der Waals surface area contributed by atoms with Gasteiger partial charge >= 0.3 is 0 Å². The van der Waals surface area contributed by atoms with Crippen molar-refractivity contribution in [3.63, 3.8) is 0 Å². The minimum Gasteiger partial charge on any atom is -0.193 e. The normalized spacial score (nSPS) is 28.9. The molecule has 2 aliphatic carbocycles. The van der Waals surface area contributed by atoms with E-state index in [9.17, 15) is 0 Å². The Morgan fingerprint density at radius 2 is 1.32 bits per heavy atom. The highest BCUT2D eigenvalue weighted by molar-refractivity contribution is 5.26. The summed E-state index contributed by atoms with van der Waals surface area (Å²) in [6.07, 6.45) is 24.5. The zero-order valence-electron chi connectivity index (χ0n) is 17.4. The maximum Gasteiger partial charge on any atom is 0.0912 e. The Balaban J connectivity index is 1.39. The average molecular weight is 374 g/mol. The largest absolute Gasteiger partial charge is 0.193 e. The predicted octanol–water partition coefficient (Wildman–Crippen LogP) is 7.52. The minimum absolute atomic E-state index is 0.697. The fraction of sp³-hybridized carbons (Fsp3) is 0.519. The van der Waals surface area contributed by atoms with E-state index in [0.29, 0.717) is 5.92 Å². The summed E-state index contributed by atoms with van der Waals surface area (Å²) in [7, 11) is 0. The molecule has 2 fully saturated rings. The van der Waals surface area contributed by atoms with Crippen LogP contribution in [-0.4, -0.2) is 0 Å². The number of aryl methyl sites for hydroxylation is 1. The van der Waals surface area contributed by atoms with Gasteiger partial charge in [0.15, 0.2) is 0 Å². The van der Waals surface area contributed by atoms with Gasteiger partial charge in [0.05, 0.1) is 6.07 Å². The highest BCUT2D eigenvalue weighted by Gasteiger charge is 2.22. The van der Waals surface area contributed by atoms with Crippen LogP contribution in [0.4, 0.5) is 0 Å². The second-order valence-electron chi connectivity index (χ2n) is 8.64. The second-order valence-corrected chi connectivity index (χ2v) is 8.64. The molecule has 28 heavy (non-hydrogen) atoms. The van der Waals surface area contributed by atoms with E-state index in [1.54, 1.807) is 11.6 Å². The van der Waals surface area contributed by atoms with E-state index < -0.39 is 0 Å². The second kappa shape index (κ2) is 11.1. The molecule has 0 atom stereocenters. The van der Waals surface area contributed by atoms with Crippen LogP contribution >= 0.6 is 0 Å². The monoisotopic (exact) mass is 373 g/mol. The predicted molar refractivity (Wildman–Crippen MR) is 119 cm³/mol. The summed E-state index contributed by atoms with van der Waals surface area (Å²) in [6, 6.07) is 11.4. The molecule has 1 heteroatoms. The number of nitriles is 1. The van der Waals surface area contributed by atoms with E-state index in [4.69, 9.17) is 5.26 Å². The first-order chi connectivity index (χ1) is 13.8. The molecule has 0 aliphatic heterocycles. The van der Waals surface area contributed by atoms with E-state index in [-0.39, 0.29) is 0 Å². The van der Waals surface area contributed by atoms with Crippen molar-refractivity contribution in [1.82, 2.24) is 0 Å². The standard InChI is InChI=1S/C27H35N/c1-2-22-13-17-26(18-14-22)27-19-15-25(16-20-27)12-11-24-9-7-23(8-10-24)6-4-3-5-21-28/h3-6,11-14,17-18,23-25,27H,2,7-10,15-16,19-20H2,1H3/b5-3?,6-4?,12-11+. The van der Waals surface area contributed by atoms with Crippen LogP contribution in [-0.2, 0) is 6.42 Å². The molecule has 148 valence electrons. The lowest BCUT2D eigenvalue weighted by Gasteiger charge is -2.28. The van der Waals surface area contributed by atoms with Gasteiger partial charge in [0.1, 0.15) is 0 Å². The molecule has 0 amide bonds.